The van der Waals surface area contributed by atoms with Gasteiger partial charge in [-0.1, -0.05) is 36.8 Å². The van der Waals surface area contributed by atoms with Crippen LogP contribution in [0, 0.1) is 17.8 Å². The number of carbonyl (C=O) groups is 2. The van der Waals surface area contributed by atoms with E-state index in [4.69, 9.17) is 4.74 Å². The Morgan fingerprint density at radius 1 is 1.04 bits per heavy atom. The van der Waals surface area contributed by atoms with Crippen molar-refractivity contribution in [3.05, 3.63) is 75.9 Å². The Hall–Kier alpha value is -3.68. The van der Waals surface area contributed by atoms with E-state index in [0.717, 1.165) is 5.57 Å². The van der Waals surface area contributed by atoms with E-state index >= 15 is 0 Å². The molecule has 1 fully saturated rings. The lowest BCUT2D eigenvalue weighted by molar-refractivity contribution is -0.143. The molecule has 1 aliphatic carbocycles. The smallest absolute Gasteiger partial charge is 0.416 e. The van der Waals surface area contributed by atoms with E-state index in [2.05, 4.69) is 0 Å². The lowest BCUT2D eigenvalue weighted by Gasteiger charge is -2.36. The Morgan fingerprint density at radius 3 is 2.20 bits per heavy atom. The van der Waals surface area contributed by atoms with E-state index in [1.165, 1.54) is 13.2 Å². The summed E-state index contributed by atoms with van der Waals surface area (Å²) in [5, 5.41) is 32.0. The second-order valence-corrected chi connectivity index (χ2v) is 11.2. The number of amides is 2. The van der Waals surface area contributed by atoms with Crippen LogP contribution in [0.1, 0.15) is 49.3 Å². The van der Waals surface area contributed by atoms with Crippen molar-refractivity contribution in [3.8, 4) is 5.75 Å². The van der Waals surface area contributed by atoms with Crippen molar-refractivity contribution in [2.24, 2.45) is 17.8 Å². The van der Waals surface area contributed by atoms with E-state index in [0.29, 0.717) is 41.0 Å². The van der Waals surface area contributed by atoms with Crippen molar-refractivity contribution in [1.29, 1.82) is 0 Å². The van der Waals surface area contributed by atoms with Crippen molar-refractivity contribution in [2.45, 2.75) is 51.1 Å². The van der Waals surface area contributed by atoms with Gasteiger partial charge in [0.2, 0.25) is 11.8 Å². The third-order valence-corrected chi connectivity index (χ3v) is 8.38. The number of methoxy groups -OCH3 is 1. The fourth-order valence-corrected chi connectivity index (χ4v) is 6.25. The number of imide groups is 1. The van der Waals surface area contributed by atoms with Crippen LogP contribution in [0.5, 0.6) is 5.75 Å². The van der Waals surface area contributed by atoms with Gasteiger partial charge in [-0.15, -0.1) is 0 Å². The molecule has 244 valence electrons. The Morgan fingerprint density at radius 2 is 1.67 bits per heavy atom. The van der Waals surface area contributed by atoms with E-state index < -0.39 is 71.4 Å². The van der Waals surface area contributed by atoms with Crippen molar-refractivity contribution in [3.63, 3.8) is 0 Å². The molecule has 7 nitrogen and oxygen atoms in total. The first-order chi connectivity index (χ1) is 21.1. The maximum Gasteiger partial charge on any atom is 0.416 e. The first-order valence-electron chi connectivity index (χ1n) is 14.3. The average molecular weight is 642 g/mol. The molecule has 0 spiro atoms. The van der Waals surface area contributed by atoms with Crippen molar-refractivity contribution in [2.75, 3.05) is 25.2 Å². The zero-order valence-electron chi connectivity index (χ0n) is 24.5. The van der Waals surface area contributed by atoms with E-state index in [-0.39, 0.29) is 36.8 Å². The maximum atomic E-state index is 13.7. The van der Waals surface area contributed by atoms with E-state index in [1.807, 2.05) is 6.92 Å². The number of hydrogen-bond acceptors (Lipinski definition) is 6. The Kier molecular flexibility index (Phi) is 10.1. The molecule has 1 aliphatic heterocycles. The molecule has 0 aromatic heterocycles. The molecule has 4 atom stereocenters. The van der Waals surface area contributed by atoms with Gasteiger partial charge in [0.25, 0.3) is 0 Å². The third-order valence-electron chi connectivity index (χ3n) is 8.38. The van der Waals surface area contributed by atoms with Gasteiger partial charge in [-0.05, 0) is 61.1 Å². The summed E-state index contributed by atoms with van der Waals surface area (Å²) in [6.45, 7) is 1.08. The molecule has 3 N–H and O–H groups in total. The number of fused-ring (bicyclic) bond motifs is 1. The van der Waals surface area contributed by atoms with Crippen molar-refractivity contribution in [1.82, 2.24) is 0 Å². The SMILES string of the molecule is CC/C(=C\c1ccccc1O)CC[C@@H](O)C1=C(COC)C[C@H]2C(=O)N(c3cc(C(F)(F)F)cc(C(F)(F)F)c3)C(=O)[C@H]2[C@H]1CO. The molecule has 0 radical (unpaired) electrons. The standard InChI is InChI=1S/C32H33F6NO6/c1-3-17(10-18-6-4-5-7-25(18)41)8-9-26(42)27-19(16-45-2)11-23-28(24(27)15-40)30(44)39(29(23)43)22-13-20(31(33,34)35)12-21(14-22)32(36,37)38/h4-7,10,12-14,23-24,26,28,40-42H,3,8-9,11,15-16H2,1-2H3/b17-10+/t23-,24+,26-,28-/m1/s1. The highest BCUT2D eigenvalue weighted by molar-refractivity contribution is 6.22. The second-order valence-electron chi connectivity index (χ2n) is 11.2. The number of anilines is 1. The van der Waals surface area contributed by atoms with Crippen LogP contribution in [0.3, 0.4) is 0 Å². The number of phenols is 1. The molecule has 0 unspecified atom stereocenters. The van der Waals surface area contributed by atoms with E-state index in [9.17, 15) is 51.3 Å². The molecule has 13 heteroatoms. The highest BCUT2D eigenvalue weighted by atomic mass is 19.4. The summed E-state index contributed by atoms with van der Waals surface area (Å²) < 4.78 is 86.6. The largest absolute Gasteiger partial charge is 0.507 e. The predicted octanol–water partition coefficient (Wildman–Crippen LogP) is 6.13. The molecule has 0 bridgehead atoms. The predicted molar refractivity (Wildman–Crippen MR) is 152 cm³/mol. The molecule has 1 heterocycles. The number of allylic oxidation sites excluding steroid dienone is 1. The number of carbonyl (C=O) groups excluding carboxylic acids is 2. The topological polar surface area (TPSA) is 107 Å². The maximum absolute atomic E-state index is 13.7. The van der Waals surface area contributed by atoms with Crippen molar-refractivity contribution >= 4 is 23.6 Å². The number of halogens is 6. The van der Waals surface area contributed by atoms with Crippen LogP contribution in [0.15, 0.2) is 59.2 Å². The molecular formula is C32H33F6NO6. The van der Waals surface area contributed by atoms with Crippen LogP contribution in [0.4, 0.5) is 32.0 Å². The number of aliphatic hydroxyl groups is 2. The molecule has 2 aromatic rings. The van der Waals surface area contributed by atoms with Gasteiger partial charge in [0.15, 0.2) is 0 Å². The lowest BCUT2D eigenvalue weighted by atomic mass is 9.68. The van der Waals surface area contributed by atoms with Gasteiger partial charge in [-0.2, -0.15) is 26.3 Å². The number of alkyl halides is 6. The normalized spacial score (nSPS) is 21.9. The quantitative estimate of drug-likeness (QED) is 0.164. The van der Waals surface area contributed by atoms with Gasteiger partial charge in [0, 0.05) is 18.6 Å². The number of nitrogens with zero attached hydrogens (tertiary/aromatic N) is 1. The zero-order valence-corrected chi connectivity index (χ0v) is 24.5. The number of aliphatic hydroxyl groups excluding tert-OH is 2. The number of rotatable bonds is 10. The summed E-state index contributed by atoms with van der Waals surface area (Å²) in [7, 11) is 1.36. The fraction of sp³-hybridized carbons (Fsp3) is 0.438. The van der Waals surface area contributed by atoms with Crippen LogP contribution in [0.25, 0.3) is 6.08 Å². The zero-order chi connectivity index (χ0) is 33.3. The van der Waals surface area contributed by atoms with Gasteiger partial charge in [-0.3, -0.25) is 9.59 Å². The molecule has 2 aliphatic rings. The summed E-state index contributed by atoms with van der Waals surface area (Å²) in [5.74, 6) is -5.68. The lowest BCUT2D eigenvalue weighted by Crippen LogP contribution is -2.39. The molecule has 1 saturated heterocycles. The summed E-state index contributed by atoms with van der Waals surface area (Å²) in [6, 6.07) is 7.23. The minimum atomic E-state index is -5.20. The molecule has 0 saturated carbocycles. The number of hydrogen-bond donors (Lipinski definition) is 3. The Bertz CT molecular complexity index is 1470. The number of benzene rings is 2. The number of phenolic OH excluding ortho intramolecular Hbond substituents is 1. The second kappa shape index (κ2) is 13.4. The summed E-state index contributed by atoms with van der Waals surface area (Å²) in [4.78, 5) is 27.5. The summed E-state index contributed by atoms with van der Waals surface area (Å²) >= 11 is 0. The van der Waals surface area contributed by atoms with Gasteiger partial charge < -0.3 is 20.1 Å². The molecule has 2 amide bonds. The molecule has 45 heavy (non-hydrogen) atoms. The Balaban J connectivity index is 1.68. The summed E-state index contributed by atoms with van der Waals surface area (Å²) in [5.41, 5.74) is -2.12. The fourth-order valence-electron chi connectivity index (χ4n) is 6.25. The van der Waals surface area contributed by atoms with Crippen LogP contribution in [-0.2, 0) is 26.7 Å². The van der Waals surface area contributed by atoms with Gasteiger partial charge in [0.1, 0.15) is 5.75 Å². The first kappa shape index (κ1) is 34.2. The van der Waals surface area contributed by atoms with Crippen LogP contribution < -0.4 is 4.90 Å². The third kappa shape index (κ3) is 7.10. The van der Waals surface area contributed by atoms with Crippen molar-refractivity contribution < 1.29 is 56.0 Å². The molecule has 4 rings (SSSR count). The number of aromatic hydroxyl groups is 1. The van der Waals surface area contributed by atoms with Crippen LogP contribution in [0.2, 0.25) is 0 Å². The first-order valence-corrected chi connectivity index (χ1v) is 14.3. The minimum Gasteiger partial charge on any atom is -0.507 e. The average Bonchev–Trinajstić information content (AvgIpc) is 3.23. The number of ether oxygens (including phenoxy) is 1. The monoisotopic (exact) mass is 641 g/mol. The molecule has 2 aromatic carbocycles. The summed E-state index contributed by atoms with van der Waals surface area (Å²) in [6.07, 6.45) is -8.93. The van der Waals surface area contributed by atoms with Gasteiger partial charge >= 0.3 is 12.4 Å². The Labute approximate surface area is 255 Å². The highest BCUT2D eigenvalue weighted by Crippen LogP contribution is 2.48. The highest BCUT2D eigenvalue weighted by Gasteiger charge is 2.55. The van der Waals surface area contributed by atoms with Crippen LogP contribution >= 0.6 is 0 Å². The minimum absolute atomic E-state index is 0.0739. The number of para-hydroxylation sites is 1. The molecular weight excluding hydrogens is 608 g/mol. The van der Waals surface area contributed by atoms with E-state index in [1.54, 1.807) is 24.3 Å². The van der Waals surface area contributed by atoms with Gasteiger partial charge in [0.05, 0.1) is 48.0 Å². The van der Waals surface area contributed by atoms with Crippen LogP contribution in [-0.4, -0.2) is 53.6 Å². The van der Waals surface area contributed by atoms with Gasteiger partial charge in [-0.25, -0.2) is 4.90 Å².